The van der Waals surface area contributed by atoms with Crippen molar-refractivity contribution in [1.29, 1.82) is 0 Å². The molecule has 1 aliphatic carbocycles. The van der Waals surface area contributed by atoms with Gasteiger partial charge in [0, 0.05) is 18.7 Å². The monoisotopic (exact) mass is 465 g/mol. The summed E-state index contributed by atoms with van der Waals surface area (Å²) in [6.45, 7) is 5.87. The highest BCUT2D eigenvalue weighted by Gasteiger charge is 2.22. The molecule has 0 unspecified atom stereocenters. The van der Waals surface area contributed by atoms with Gasteiger partial charge in [0.05, 0.1) is 6.61 Å². The number of rotatable bonds is 10. The number of ether oxygens (including phenoxy) is 1. The number of carbonyl (C=O) groups is 1. The molecule has 0 amide bonds. The Labute approximate surface area is 202 Å². The fraction of sp³-hybridized carbons (Fsp3) is 0.321. The maximum absolute atomic E-state index is 10.7. The predicted octanol–water partition coefficient (Wildman–Crippen LogP) is 6.81. The molecule has 174 valence electrons. The molecule has 0 spiro atoms. The normalized spacial score (nSPS) is 12.7. The highest BCUT2D eigenvalue weighted by Crippen LogP contribution is 2.34. The second kappa shape index (κ2) is 11.2. The molecule has 0 aromatic heterocycles. The standard InChI is InChI=1S/C28H31NO3.ClH/c1-19-14-26(32-18-22-6-7-22)15-20(2)28(19)24-5-3-4-23(16-24)17-29-25-11-8-21(9-12-25)10-13-27(30)31;/h3-5,8-9,11-12,14-16,22,29H,6-7,10,13,17-18H2,1-2H3,(H,30,31);1H. The molecule has 1 aliphatic rings. The number of nitrogens with one attached hydrogen (secondary N) is 1. The van der Waals surface area contributed by atoms with Crippen LogP contribution in [0.4, 0.5) is 5.69 Å². The van der Waals surface area contributed by atoms with Crippen LogP contribution in [0.25, 0.3) is 11.1 Å². The summed E-state index contributed by atoms with van der Waals surface area (Å²) in [7, 11) is 0. The molecule has 0 radical (unpaired) electrons. The first-order chi connectivity index (χ1) is 15.5. The maximum atomic E-state index is 10.7. The van der Waals surface area contributed by atoms with E-state index in [0.29, 0.717) is 6.42 Å². The third-order valence-electron chi connectivity index (χ3n) is 5.98. The first-order valence-electron chi connectivity index (χ1n) is 11.4. The minimum absolute atomic E-state index is 0. The van der Waals surface area contributed by atoms with Gasteiger partial charge in [0.25, 0.3) is 0 Å². The van der Waals surface area contributed by atoms with E-state index < -0.39 is 5.97 Å². The molecule has 0 bridgehead atoms. The number of aryl methyl sites for hydroxylation is 3. The Morgan fingerprint density at radius 3 is 2.33 bits per heavy atom. The van der Waals surface area contributed by atoms with Crippen LogP contribution >= 0.6 is 12.4 Å². The lowest BCUT2D eigenvalue weighted by atomic mass is 9.94. The van der Waals surface area contributed by atoms with E-state index in [1.165, 1.54) is 40.7 Å². The first kappa shape index (κ1) is 24.7. The minimum Gasteiger partial charge on any atom is -0.493 e. The number of hydrogen-bond acceptors (Lipinski definition) is 3. The molecule has 3 aromatic carbocycles. The van der Waals surface area contributed by atoms with Gasteiger partial charge >= 0.3 is 5.97 Å². The fourth-order valence-corrected chi connectivity index (χ4v) is 4.04. The Kier molecular flexibility index (Phi) is 8.40. The SMILES string of the molecule is Cc1cc(OCC2CC2)cc(C)c1-c1cccc(CNc2ccc(CCC(=O)O)cc2)c1.Cl. The van der Waals surface area contributed by atoms with Crippen molar-refractivity contribution in [1.82, 2.24) is 0 Å². The molecule has 4 rings (SSSR count). The quantitative estimate of drug-likeness (QED) is 0.345. The van der Waals surface area contributed by atoms with Crippen molar-refractivity contribution in [2.45, 2.75) is 46.1 Å². The van der Waals surface area contributed by atoms with Gasteiger partial charge in [0.1, 0.15) is 5.75 Å². The summed E-state index contributed by atoms with van der Waals surface area (Å²) in [4.78, 5) is 10.7. The minimum atomic E-state index is -0.766. The van der Waals surface area contributed by atoms with E-state index in [4.69, 9.17) is 9.84 Å². The second-order valence-corrected chi connectivity index (χ2v) is 8.83. The average molecular weight is 466 g/mol. The summed E-state index contributed by atoms with van der Waals surface area (Å²) in [6, 6.07) is 21.0. The summed E-state index contributed by atoms with van der Waals surface area (Å²) in [5.74, 6) is 0.957. The molecular formula is C28H32ClNO3. The van der Waals surface area contributed by atoms with Crippen molar-refractivity contribution in [3.63, 3.8) is 0 Å². The van der Waals surface area contributed by atoms with Crippen LogP contribution in [-0.4, -0.2) is 17.7 Å². The van der Waals surface area contributed by atoms with Crippen LogP contribution < -0.4 is 10.1 Å². The molecule has 2 N–H and O–H groups in total. The van der Waals surface area contributed by atoms with Gasteiger partial charge in [-0.25, -0.2) is 0 Å². The Balaban J connectivity index is 0.00000306. The zero-order chi connectivity index (χ0) is 22.5. The van der Waals surface area contributed by atoms with Gasteiger partial charge in [-0.3, -0.25) is 4.79 Å². The number of halogens is 1. The van der Waals surface area contributed by atoms with E-state index in [2.05, 4.69) is 55.6 Å². The Morgan fingerprint density at radius 2 is 1.70 bits per heavy atom. The topological polar surface area (TPSA) is 58.6 Å². The van der Waals surface area contributed by atoms with Crippen LogP contribution in [-0.2, 0) is 17.8 Å². The summed E-state index contributed by atoms with van der Waals surface area (Å²) < 4.78 is 5.99. The molecular weight excluding hydrogens is 434 g/mol. The second-order valence-electron chi connectivity index (χ2n) is 8.83. The van der Waals surface area contributed by atoms with Crippen LogP contribution in [0.1, 0.15) is 41.5 Å². The summed E-state index contributed by atoms with van der Waals surface area (Å²) >= 11 is 0. The smallest absolute Gasteiger partial charge is 0.303 e. The molecule has 3 aromatic rings. The van der Waals surface area contributed by atoms with Crippen molar-refractivity contribution in [3.8, 4) is 16.9 Å². The van der Waals surface area contributed by atoms with Crippen molar-refractivity contribution < 1.29 is 14.6 Å². The lowest BCUT2D eigenvalue weighted by molar-refractivity contribution is -0.136. The van der Waals surface area contributed by atoms with Gasteiger partial charge < -0.3 is 15.2 Å². The molecule has 33 heavy (non-hydrogen) atoms. The summed E-state index contributed by atoms with van der Waals surface area (Å²) in [5, 5.41) is 12.3. The largest absolute Gasteiger partial charge is 0.493 e. The lowest BCUT2D eigenvalue weighted by Gasteiger charge is -2.15. The third-order valence-corrected chi connectivity index (χ3v) is 5.98. The highest BCUT2D eigenvalue weighted by molar-refractivity contribution is 5.85. The van der Waals surface area contributed by atoms with Crippen LogP contribution in [0.15, 0.2) is 60.7 Å². The van der Waals surface area contributed by atoms with Crippen molar-refractivity contribution in [2.75, 3.05) is 11.9 Å². The number of anilines is 1. The van der Waals surface area contributed by atoms with Crippen molar-refractivity contribution in [2.24, 2.45) is 5.92 Å². The van der Waals surface area contributed by atoms with E-state index in [1.54, 1.807) is 0 Å². The zero-order valence-corrected chi connectivity index (χ0v) is 20.1. The average Bonchev–Trinajstić information content (AvgIpc) is 3.60. The number of aliphatic carboxylic acids is 1. The Hall–Kier alpha value is -2.98. The van der Waals surface area contributed by atoms with E-state index >= 15 is 0 Å². The van der Waals surface area contributed by atoms with Crippen molar-refractivity contribution in [3.05, 3.63) is 82.9 Å². The molecule has 0 heterocycles. The fourth-order valence-electron chi connectivity index (χ4n) is 4.04. The van der Waals surface area contributed by atoms with Gasteiger partial charge in [-0.2, -0.15) is 0 Å². The first-order valence-corrected chi connectivity index (χ1v) is 11.4. The van der Waals surface area contributed by atoms with E-state index in [9.17, 15) is 4.79 Å². The molecule has 4 nitrogen and oxygen atoms in total. The number of carboxylic acids is 1. The Bertz CT molecular complexity index is 1070. The molecule has 1 saturated carbocycles. The van der Waals surface area contributed by atoms with E-state index in [-0.39, 0.29) is 18.8 Å². The van der Waals surface area contributed by atoms with E-state index in [1.807, 2.05) is 24.3 Å². The molecule has 5 heteroatoms. The highest BCUT2D eigenvalue weighted by atomic mass is 35.5. The number of hydrogen-bond donors (Lipinski definition) is 2. The van der Waals surface area contributed by atoms with Crippen LogP contribution in [0, 0.1) is 19.8 Å². The summed E-state index contributed by atoms with van der Waals surface area (Å²) in [5.41, 5.74) is 8.24. The Morgan fingerprint density at radius 1 is 1.00 bits per heavy atom. The van der Waals surface area contributed by atoms with Gasteiger partial charge in [-0.1, -0.05) is 30.3 Å². The van der Waals surface area contributed by atoms with Crippen LogP contribution in [0.3, 0.4) is 0 Å². The molecule has 0 atom stereocenters. The maximum Gasteiger partial charge on any atom is 0.303 e. The third kappa shape index (κ3) is 7.00. The number of carboxylic acid groups (broad SMARTS) is 1. The molecule has 0 aliphatic heterocycles. The predicted molar refractivity (Wildman–Crippen MR) is 137 cm³/mol. The van der Waals surface area contributed by atoms with Gasteiger partial charge in [-0.05, 0) is 103 Å². The van der Waals surface area contributed by atoms with Crippen LogP contribution in [0.2, 0.25) is 0 Å². The van der Waals surface area contributed by atoms with Gasteiger partial charge in [0.15, 0.2) is 0 Å². The van der Waals surface area contributed by atoms with E-state index in [0.717, 1.165) is 36.1 Å². The molecule has 1 fully saturated rings. The van der Waals surface area contributed by atoms with Gasteiger partial charge in [0.2, 0.25) is 0 Å². The number of benzene rings is 3. The van der Waals surface area contributed by atoms with Gasteiger partial charge in [-0.15, -0.1) is 12.4 Å². The van der Waals surface area contributed by atoms with Crippen molar-refractivity contribution >= 4 is 24.1 Å². The molecule has 0 saturated heterocycles. The zero-order valence-electron chi connectivity index (χ0n) is 19.3. The van der Waals surface area contributed by atoms with Crippen LogP contribution in [0.5, 0.6) is 5.75 Å². The lowest BCUT2D eigenvalue weighted by Crippen LogP contribution is -2.02. The summed E-state index contributed by atoms with van der Waals surface area (Å²) in [6.07, 6.45) is 3.31.